The molecule has 84 valence electrons. The van der Waals surface area contributed by atoms with Gasteiger partial charge < -0.3 is 4.74 Å². The van der Waals surface area contributed by atoms with Gasteiger partial charge >= 0.3 is 5.97 Å². The Hall–Kier alpha value is -2.54. The van der Waals surface area contributed by atoms with Crippen molar-refractivity contribution in [1.82, 2.24) is 10.2 Å². The smallest absolute Gasteiger partial charge is 0.384 e. The molecule has 1 aromatic carbocycles. The van der Waals surface area contributed by atoms with Crippen molar-refractivity contribution in [1.29, 1.82) is 0 Å². The highest BCUT2D eigenvalue weighted by Crippen LogP contribution is 2.20. The molecule has 0 saturated carbocycles. The summed E-state index contributed by atoms with van der Waals surface area (Å²) in [5, 5.41) is 6.75. The van der Waals surface area contributed by atoms with E-state index in [1.54, 1.807) is 6.20 Å². The van der Waals surface area contributed by atoms with Gasteiger partial charge in [-0.25, -0.2) is 4.79 Å². The fraction of sp³-hybridized carbons (Fsp3) is 0.0769. The zero-order chi connectivity index (χ0) is 12.1. The summed E-state index contributed by atoms with van der Waals surface area (Å²) >= 11 is 0. The van der Waals surface area contributed by atoms with Gasteiger partial charge in [-0.15, -0.1) is 0 Å². The Morgan fingerprint density at radius 3 is 2.88 bits per heavy atom. The minimum absolute atomic E-state index is 0.551. The molecule has 4 heteroatoms. The third kappa shape index (κ3) is 2.52. The number of esters is 1. The van der Waals surface area contributed by atoms with E-state index in [-0.39, 0.29) is 0 Å². The highest BCUT2D eigenvalue weighted by Gasteiger charge is 2.03. The first-order chi connectivity index (χ1) is 8.31. The van der Waals surface area contributed by atoms with Gasteiger partial charge in [0.25, 0.3) is 0 Å². The summed E-state index contributed by atoms with van der Waals surface area (Å²) in [6, 6.07) is 9.36. The van der Waals surface area contributed by atoms with Crippen LogP contribution in [0.3, 0.4) is 0 Å². The van der Waals surface area contributed by atoms with E-state index in [1.165, 1.54) is 7.11 Å². The molecule has 0 atom stereocenters. The van der Waals surface area contributed by atoms with Crippen molar-refractivity contribution < 1.29 is 9.53 Å². The van der Waals surface area contributed by atoms with Gasteiger partial charge in [-0.3, -0.25) is 5.10 Å². The molecule has 0 unspecified atom stereocenters. The summed E-state index contributed by atoms with van der Waals surface area (Å²) in [5.74, 6) is 4.63. The predicted octanol–water partition coefficient (Wildman–Crippen LogP) is 1.60. The third-order valence-electron chi connectivity index (χ3n) is 2.20. The van der Waals surface area contributed by atoms with Crippen LogP contribution in [0.5, 0.6) is 0 Å². The lowest BCUT2D eigenvalue weighted by molar-refractivity contribution is -0.133. The third-order valence-corrected chi connectivity index (χ3v) is 2.20. The van der Waals surface area contributed by atoms with Crippen LogP contribution in [0, 0.1) is 11.8 Å². The monoisotopic (exact) mass is 226 g/mol. The molecule has 1 aromatic heterocycles. The number of aromatic amines is 1. The number of hydrogen-bond donors (Lipinski definition) is 1. The zero-order valence-electron chi connectivity index (χ0n) is 9.23. The molecule has 1 N–H and O–H groups in total. The fourth-order valence-electron chi connectivity index (χ4n) is 1.40. The Labute approximate surface area is 98.6 Å². The molecule has 0 fully saturated rings. The number of H-pyrrole nitrogens is 1. The Kier molecular flexibility index (Phi) is 3.22. The maximum Gasteiger partial charge on any atom is 0.384 e. The number of nitrogens with zero attached hydrogens (tertiary/aromatic N) is 1. The van der Waals surface area contributed by atoms with E-state index in [0.29, 0.717) is 0 Å². The summed E-state index contributed by atoms with van der Waals surface area (Å²) in [7, 11) is 1.30. The molecule has 0 aliphatic heterocycles. The second kappa shape index (κ2) is 4.99. The van der Waals surface area contributed by atoms with Gasteiger partial charge in [0.15, 0.2) is 0 Å². The standard InChI is InChI=1S/C13H10N2O2/c1-17-13(16)7-6-10-4-2-3-5-11(10)12-8-9-14-15-12/h2-5,8-9H,1H3,(H,14,15). The number of aromatic nitrogens is 2. The number of nitrogens with one attached hydrogen (secondary N) is 1. The molecule has 0 aliphatic carbocycles. The van der Waals surface area contributed by atoms with E-state index in [0.717, 1.165) is 16.8 Å². The number of rotatable bonds is 1. The largest absolute Gasteiger partial charge is 0.459 e. The zero-order valence-corrected chi connectivity index (χ0v) is 9.23. The van der Waals surface area contributed by atoms with E-state index in [9.17, 15) is 4.79 Å². The lowest BCUT2D eigenvalue weighted by Gasteiger charge is -2.00. The van der Waals surface area contributed by atoms with E-state index in [1.807, 2.05) is 30.3 Å². The van der Waals surface area contributed by atoms with Gasteiger partial charge in [-0.1, -0.05) is 24.1 Å². The molecule has 0 amide bonds. The minimum atomic E-state index is -0.551. The Morgan fingerprint density at radius 1 is 1.35 bits per heavy atom. The van der Waals surface area contributed by atoms with Crippen LogP contribution in [0.1, 0.15) is 5.56 Å². The van der Waals surface area contributed by atoms with Crippen LogP contribution in [-0.2, 0) is 9.53 Å². The molecule has 0 spiro atoms. The Morgan fingerprint density at radius 2 is 2.18 bits per heavy atom. The van der Waals surface area contributed by atoms with Crippen molar-refractivity contribution >= 4 is 5.97 Å². The highest BCUT2D eigenvalue weighted by atomic mass is 16.5. The molecule has 0 radical (unpaired) electrons. The number of methoxy groups -OCH3 is 1. The molecule has 0 bridgehead atoms. The van der Waals surface area contributed by atoms with Crippen LogP contribution in [-0.4, -0.2) is 23.3 Å². The van der Waals surface area contributed by atoms with Gasteiger partial charge in [0, 0.05) is 23.2 Å². The maximum atomic E-state index is 11.0. The summed E-state index contributed by atoms with van der Waals surface area (Å²) in [5.41, 5.74) is 2.52. The molecular formula is C13H10N2O2. The summed E-state index contributed by atoms with van der Waals surface area (Å²) < 4.78 is 4.47. The van der Waals surface area contributed by atoms with Crippen molar-refractivity contribution in [3.63, 3.8) is 0 Å². The van der Waals surface area contributed by atoms with Crippen LogP contribution in [0.25, 0.3) is 11.3 Å². The van der Waals surface area contributed by atoms with E-state index in [4.69, 9.17) is 0 Å². The first-order valence-electron chi connectivity index (χ1n) is 5.00. The highest BCUT2D eigenvalue weighted by molar-refractivity contribution is 5.89. The minimum Gasteiger partial charge on any atom is -0.459 e. The molecule has 17 heavy (non-hydrogen) atoms. The Bertz CT molecular complexity index is 577. The second-order valence-electron chi connectivity index (χ2n) is 3.26. The number of carbonyl (C=O) groups excluding carboxylic acids is 1. The average molecular weight is 226 g/mol. The van der Waals surface area contributed by atoms with Crippen molar-refractivity contribution in [2.45, 2.75) is 0 Å². The normalized spacial score (nSPS) is 9.24. The molecule has 1 heterocycles. The van der Waals surface area contributed by atoms with Crippen LogP contribution < -0.4 is 0 Å². The number of hydrogen-bond acceptors (Lipinski definition) is 3. The predicted molar refractivity (Wildman–Crippen MR) is 62.9 cm³/mol. The molecule has 0 aliphatic rings. The first kappa shape index (κ1) is 11.0. The van der Waals surface area contributed by atoms with Gasteiger partial charge in [-0.2, -0.15) is 5.10 Å². The fourth-order valence-corrected chi connectivity index (χ4v) is 1.40. The number of ether oxygens (including phenoxy) is 1. The molecule has 0 saturated heterocycles. The van der Waals surface area contributed by atoms with Crippen molar-refractivity contribution in [2.75, 3.05) is 7.11 Å². The molecule has 4 nitrogen and oxygen atoms in total. The van der Waals surface area contributed by atoms with E-state index < -0.39 is 5.97 Å². The Balaban J connectivity index is 2.41. The van der Waals surface area contributed by atoms with Gasteiger partial charge in [0.2, 0.25) is 0 Å². The summed E-state index contributed by atoms with van der Waals surface area (Å²) in [6.45, 7) is 0. The second-order valence-corrected chi connectivity index (χ2v) is 3.26. The number of carbonyl (C=O) groups is 1. The number of benzene rings is 1. The van der Waals surface area contributed by atoms with Crippen LogP contribution in [0.2, 0.25) is 0 Å². The molecule has 2 aromatic rings. The van der Waals surface area contributed by atoms with Crippen molar-refractivity contribution in [2.24, 2.45) is 0 Å². The van der Waals surface area contributed by atoms with Crippen LogP contribution in [0.4, 0.5) is 0 Å². The average Bonchev–Trinajstić information content (AvgIpc) is 2.90. The maximum absolute atomic E-state index is 11.0. The lowest BCUT2D eigenvalue weighted by Crippen LogP contribution is -1.95. The molecule has 2 rings (SSSR count). The topological polar surface area (TPSA) is 55.0 Å². The van der Waals surface area contributed by atoms with E-state index in [2.05, 4.69) is 26.8 Å². The van der Waals surface area contributed by atoms with Crippen LogP contribution in [0.15, 0.2) is 36.5 Å². The first-order valence-corrected chi connectivity index (χ1v) is 5.00. The van der Waals surface area contributed by atoms with Crippen molar-refractivity contribution in [3.8, 4) is 23.1 Å². The van der Waals surface area contributed by atoms with Gasteiger partial charge in [0.1, 0.15) is 0 Å². The quantitative estimate of drug-likeness (QED) is 0.593. The van der Waals surface area contributed by atoms with Crippen LogP contribution >= 0.6 is 0 Å². The van der Waals surface area contributed by atoms with Gasteiger partial charge in [0.05, 0.1) is 12.8 Å². The lowest BCUT2D eigenvalue weighted by atomic mass is 10.1. The summed E-state index contributed by atoms with van der Waals surface area (Å²) in [4.78, 5) is 11.0. The van der Waals surface area contributed by atoms with Gasteiger partial charge in [-0.05, 0) is 12.1 Å². The van der Waals surface area contributed by atoms with E-state index >= 15 is 0 Å². The SMILES string of the molecule is COC(=O)C#Cc1ccccc1-c1ccn[nH]1. The van der Waals surface area contributed by atoms with Crippen molar-refractivity contribution in [3.05, 3.63) is 42.1 Å². The summed E-state index contributed by atoms with van der Waals surface area (Å²) in [6.07, 6.45) is 1.67. The molecular weight excluding hydrogens is 216 g/mol.